The Kier molecular flexibility index (Phi) is 10.8. The standard InChI is InChI=1S/C25H43N5O6/c31-23-13-18-1-5-26-15-19(18)2-6-28-25(33)22-14-20(16-30(22)21-3-8-34-9-4-21)29-24(32)17-36-12-11-35-10-7-27-23/h18-22,26H,1-17H2,(H,27,31)(H,28,33)(H,29,32)/t18-,19-,20-,22-/m0/s1. The zero-order valence-corrected chi connectivity index (χ0v) is 21.3. The van der Waals surface area contributed by atoms with Gasteiger partial charge in [0.15, 0.2) is 0 Å². The number of amides is 3. The summed E-state index contributed by atoms with van der Waals surface area (Å²) in [6.07, 6.45) is 4.67. The Balaban J connectivity index is 1.39. The third-order valence-electron chi connectivity index (χ3n) is 7.87. The van der Waals surface area contributed by atoms with Gasteiger partial charge in [-0.3, -0.25) is 19.3 Å². The Labute approximate surface area is 213 Å². The molecule has 0 aromatic heterocycles. The fourth-order valence-electron chi connectivity index (χ4n) is 5.95. The highest BCUT2D eigenvalue weighted by molar-refractivity contribution is 5.83. The molecule has 4 N–H and O–H groups in total. The van der Waals surface area contributed by atoms with Crippen LogP contribution >= 0.6 is 0 Å². The average molecular weight is 510 g/mol. The minimum Gasteiger partial charge on any atom is -0.381 e. The van der Waals surface area contributed by atoms with Crippen LogP contribution in [0.15, 0.2) is 0 Å². The molecule has 4 atom stereocenters. The molecule has 0 aromatic carbocycles. The molecule has 2 bridgehead atoms. The maximum Gasteiger partial charge on any atom is 0.246 e. The second-order valence-electron chi connectivity index (χ2n) is 10.4. The van der Waals surface area contributed by atoms with Crippen molar-refractivity contribution in [3.8, 4) is 0 Å². The number of nitrogens with one attached hydrogen (secondary N) is 4. The Morgan fingerprint density at radius 2 is 1.53 bits per heavy atom. The minimum atomic E-state index is -0.270. The largest absolute Gasteiger partial charge is 0.381 e. The van der Waals surface area contributed by atoms with Crippen molar-refractivity contribution in [2.45, 2.75) is 56.7 Å². The summed E-state index contributed by atoms with van der Waals surface area (Å²) in [5.74, 6) is 0.533. The van der Waals surface area contributed by atoms with E-state index >= 15 is 0 Å². The van der Waals surface area contributed by atoms with Gasteiger partial charge in [-0.2, -0.15) is 0 Å². The molecule has 11 heteroatoms. The number of hydrogen-bond donors (Lipinski definition) is 4. The summed E-state index contributed by atoms with van der Waals surface area (Å²) in [5, 5.41) is 12.6. The summed E-state index contributed by atoms with van der Waals surface area (Å²) in [6, 6.07) is -0.0808. The first-order valence-electron chi connectivity index (χ1n) is 13.6. The van der Waals surface area contributed by atoms with Crippen molar-refractivity contribution < 1.29 is 28.6 Å². The van der Waals surface area contributed by atoms with Crippen molar-refractivity contribution >= 4 is 17.7 Å². The van der Waals surface area contributed by atoms with Gasteiger partial charge >= 0.3 is 0 Å². The maximum atomic E-state index is 13.3. The first-order chi connectivity index (χ1) is 17.6. The maximum absolute atomic E-state index is 13.3. The molecule has 3 amide bonds. The van der Waals surface area contributed by atoms with E-state index < -0.39 is 0 Å². The van der Waals surface area contributed by atoms with Crippen LogP contribution in [-0.4, -0.2) is 113 Å². The van der Waals surface area contributed by atoms with E-state index in [1.165, 1.54) is 0 Å². The number of rotatable bonds is 1. The number of hydrogen-bond acceptors (Lipinski definition) is 8. The number of carbonyl (C=O) groups is 3. The van der Waals surface area contributed by atoms with Crippen molar-refractivity contribution in [2.24, 2.45) is 11.8 Å². The van der Waals surface area contributed by atoms with Crippen LogP contribution in [0.25, 0.3) is 0 Å². The average Bonchev–Trinajstić information content (AvgIpc) is 3.30. The molecule has 204 valence electrons. The van der Waals surface area contributed by atoms with E-state index in [2.05, 4.69) is 26.2 Å². The minimum absolute atomic E-state index is 0.0237. The van der Waals surface area contributed by atoms with Crippen molar-refractivity contribution in [1.29, 1.82) is 0 Å². The van der Waals surface area contributed by atoms with Gasteiger partial charge in [-0.15, -0.1) is 0 Å². The van der Waals surface area contributed by atoms with Gasteiger partial charge in [-0.05, 0) is 57.0 Å². The third kappa shape index (κ3) is 8.11. The molecule has 0 aromatic rings. The second-order valence-corrected chi connectivity index (χ2v) is 10.4. The second kappa shape index (κ2) is 14.2. The Bertz CT molecular complexity index is 734. The molecular weight excluding hydrogens is 466 g/mol. The molecule has 4 aliphatic heterocycles. The van der Waals surface area contributed by atoms with E-state index in [1.807, 2.05) is 0 Å². The first-order valence-corrected chi connectivity index (χ1v) is 13.6. The van der Waals surface area contributed by atoms with Gasteiger partial charge in [0, 0.05) is 51.4 Å². The van der Waals surface area contributed by atoms with Crippen LogP contribution in [0.2, 0.25) is 0 Å². The van der Waals surface area contributed by atoms with Crippen molar-refractivity contribution in [2.75, 3.05) is 72.4 Å². The zero-order valence-electron chi connectivity index (χ0n) is 21.3. The zero-order chi connectivity index (χ0) is 25.2. The Hall–Kier alpha value is -1.79. The van der Waals surface area contributed by atoms with Gasteiger partial charge in [0.2, 0.25) is 17.7 Å². The van der Waals surface area contributed by atoms with Crippen molar-refractivity contribution in [3.63, 3.8) is 0 Å². The Morgan fingerprint density at radius 1 is 0.750 bits per heavy atom. The van der Waals surface area contributed by atoms with Gasteiger partial charge in [0.05, 0.1) is 25.9 Å². The fraction of sp³-hybridized carbons (Fsp3) is 0.880. The van der Waals surface area contributed by atoms with E-state index in [9.17, 15) is 14.4 Å². The molecule has 4 fully saturated rings. The number of fused-ring (bicyclic) bond motifs is 3. The molecule has 4 aliphatic rings. The Morgan fingerprint density at radius 3 is 2.39 bits per heavy atom. The lowest BCUT2D eigenvalue weighted by Gasteiger charge is -2.35. The van der Waals surface area contributed by atoms with Crippen LogP contribution < -0.4 is 21.3 Å². The molecule has 0 radical (unpaired) electrons. The highest BCUT2D eigenvalue weighted by Gasteiger charge is 2.41. The molecule has 0 spiro atoms. The summed E-state index contributed by atoms with van der Waals surface area (Å²) in [4.78, 5) is 40.5. The number of piperidine rings is 1. The molecule has 4 rings (SSSR count). The van der Waals surface area contributed by atoms with Crippen molar-refractivity contribution in [3.05, 3.63) is 0 Å². The van der Waals surface area contributed by atoms with E-state index in [0.717, 1.165) is 38.8 Å². The number of nitrogens with zero attached hydrogens (tertiary/aromatic N) is 1. The quantitative estimate of drug-likeness (QED) is 0.355. The molecule has 0 saturated carbocycles. The lowest BCUT2D eigenvalue weighted by Crippen LogP contribution is -2.50. The summed E-state index contributed by atoms with van der Waals surface area (Å²) in [6.45, 7) is 5.92. The number of ether oxygens (including phenoxy) is 3. The predicted octanol–water partition coefficient (Wildman–Crippen LogP) is -0.990. The third-order valence-corrected chi connectivity index (χ3v) is 7.87. The molecule has 36 heavy (non-hydrogen) atoms. The van der Waals surface area contributed by atoms with Gasteiger partial charge in [-0.25, -0.2) is 0 Å². The van der Waals surface area contributed by atoms with Crippen molar-refractivity contribution in [1.82, 2.24) is 26.2 Å². The molecule has 11 nitrogen and oxygen atoms in total. The van der Waals surface area contributed by atoms with E-state index in [1.54, 1.807) is 0 Å². The number of likely N-dealkylation sites (tertiary alicyclic amines) is 1. The predicted molar refractivity (Wildman–Crippen MR) is 132 cm³/mol. The lowest BCUT2D eigenvalue weighted by molar-refractivity contribution is -0.128. The molecule has 0 unspecified atom stereocenters. The molecule has 0 aliphatic carbocycles. The van der Waals surface area contributed by atoms with Gasteiger partial charge in [-0.1, -0.05) is 0 Å². The van der Waals surface area contributed by atoms with Crippen LogP contribution in [0, 0.1) is 11.8 Å². The molecule has 4 heterocycles. The molecule has 4 saturated heterocycles. The monoisotopic (exact) mass is 509 g/mol. The summed E-state index contributed by atoms with van der Waals surface area (Å²) in [5.41, 5.74) is 0. The highest BCUT2D eigenvalue weighted by atomic mass is 16.5. The smallest absolute Gasteiger partial charge is 0.246 e. The summed E-state index contributed by atoms with van der Waals surface area (Å²) >= 11 is 0. The van der Waals surface area contributed by atoms with E-state index in [4.69, 9.17) is 14.2 Å². The van der Waals surface area contributed by atoms with Crippen LogP contribution in [0.3, 0.4) is 0 Å². The van der Waals surface area contributed by atoms with Gasteiger partial charge in [0.1, 0.15) is 6.61 Å². The van der Waals surface area contributed by atoms with E-state index in [0.29, 0.717) is 77.3 Å². The molecular formula is C25H43N5O6. The highest BCUT2D eigenvalue weighted by Crippen LogP contribution is 2.27. The number of carbonyl (C=O) groups excluding carboxylic acids is 3. The van der Waals surface area contributed by atoms with Gasteiger partial charge in [0.25, 0.3) is 0 Å². The summed E-state index contributed by atoms with van der Waals surface area (Å²) < 4.78 is 16.5. The SMILES string of the molecule is O=C1C[C@@H]2CCNC[C@@H]2CCNC(=O)[C@@H]2C[C@@H](CN2C2CCOCC2)NC(=O)COCCOCCN1. The normalized spacial score (nSPS) is 33.5. The van der Waals surface area contributed by atoms with Crippen LogP contribution in [0.5, 0.6) is 0 Å². The fourth-order valence-corrected chi connectivity index (χ4v) is 5.95. The van der Waals surface area contributed by atoms with E-state index in [-0.39, 0.29) is 42.5 Å². The van der Waals surface area contributed by atoms with Gasteiger partial charge < -0.3 is 35.5 Å². The first kappa shape index (κ1) is 27.3. The van der Waals surface area contributed by atoms with Crippen LogP contribution in [0.1, 0.15) is 38.5 Å². The lowest BCUT2D eigenvalue weighted by atomic mass is 9.81. The topological polar surface area (TPSA) is 130 Å². The van der Waals surface area contributed by atoms with Crippen LogP contribution in [0.4, 0.5) is 0 Å². The summed E-state index contributed by atoms with van der Waals surface area (Å²) in [7, 11) is 0. The van der Waals surface area contributed by atoms with Crippen LogP contribution in [-0.2, 0) is 28.6 Å².